The van der Waals surface area contributed by atoms with E-state index in [1.807, 2.05) is 6.07 Å². The number of nitrogens with zero attached hydrogens (tertiary/aromatic N) is 3. The summed E-state index contributed by atoms with van der Waals surface area (Å²) in [5.74, 6) is -2.74. The van der Waals surface area contributed by atoms with Crippen molar-refractivity contribution in [3.8, 4) is 0 Å². The number of hydrogen-bond acceptors (Lipinski definition) is 7. The number of morpholine rings is 1. The van der Waals surface area contributed by atoms with Crippen LogP contribution in [-0.4, -0.2) is 78.4 Å². The molecule has 0 saturated carbocycles. The molecule has 3 aliphatic rings. The van der Waals surface area contributed by atoms with E-state index in [4.69, 9.17) is 9.15 Å². The van der Waals surface area contributed by atoms with E-state index < -0.39 is 28.9 Å². The van der Waals surface area contributed by atoms with Crippen LogP contribution in [0.3, 0.4) is 0 Å². The molecule has 9 heteroatoms. The Hall–Kier alpha value is -4.21. The van der Waals surface area contributed by atoms with E-state index in [2.05, 4.69) is 11.5 Å². The van der Waals surface area contributed by atoms with E-state index >= 15 is 0 Å². The van der Waals surface area contributed by atoms with Crippen molar-refractivity contribution in [2.75, 3.05) is 50.8 Å². The highest BCUT2D eigenvalue weighted by Crippen LogP contribution is 2.53. The minimum Gasteiger partial charge on any atom is -0.503 e. The van der Waals surface area contributed by atoms with Crippen LogP contribution >= 0.6 is 0 Å². The lowest BCUT2D eigenvalue weighted by atomic mass is 9.81. The third-order valence-electron chi connectivity index (χ3n) is 7.52. The van der Waals surface area contributed by atoms with Crippen molar-refractivity contribution in [3.63, 3.8) is 0 Å². The van der Waals surface area contributed by atoms with Gasteiger partial charge in [0.2, 0.25) is 5.78 Å². The quantitative estimate of drug-likeness (QED) is 0.383. The van der Waals surface area contributed by atoms with Crippen LogP contribution in [0.5, 0.6) is 0 Å². The molecule has 0 unspecified atom stereocenters. The van der Waals surface area contributed by atoms with E-state index in [0.29, 0.717) is 55.1 Å². The van der Waals surface area contributed by atoms with Crippen LogP contribution in [0.2, 0.25) is 0 Å². The highest BCUT2D eigenvalue weighted by atomic mass is 16.5. The standard InChI is InChI=1S/C29H27N3O6/c1-2-11-31-21-9-5-4-8-20(21)29(28(31)36)24(25(33)23-18-19-7-3-6-10-22(19)38-23)26(34)27(35)32(29)13-12-30-14-16-37-17-15-30/h2-10,18,34H,1,11-17H2/t29-/m0/s1. The Morgan fingerprint density at radius 1 is 1.05 bits per heavy atom. The maximum atomic E-state index is 14.4. The van der Waals surface area contributed by atoms with Gasteiger partial charge in [0.25, 0.3) is 11.8 Å². The van der Waals surface area contributed by atoms with E-state index in [1.54, 1.807) is 54.6 Å². The molecule has 1 fully saturated rings. The summed E-state index contributed by atoms with van der Waals surface area (Å²) in [6, 6.07) is 15.8. The summed E-state index contributed by atoms with van der Waals surface area (Å²) >= 11 is 0. The van der Waals surface area contributed by atoms with Gasteiger partial charge in [-0.2, -0.15) is 0 Å². The summed E-state index contributed by atoms with van der Waals surface area (Å²) in [5.41, 5.74) is -0.599. The Morgan fingerprint density at radius 3 is 2.55 bits per heavy atom. The number of carbonyl (C=O) groups excluding carboxylic acids is 3. The molecule has 38 heavy (non-hydrogen) atoms. The zero-order valence-electron chi connectivity index (χ0n) is 20.8. The van der Waals surface area contributed by atoms with Crippen molar-refractivity contribution in [2.45, 2.75) is 5.54 Å². The van der Waals surface area contributed by atoms with Crippen LogP contribution in [0.1, 0.15) is 16.1 Å². The van der Waals surface area contributed by atoms with Gasteiger partial charge in [-0.1, -0.05) is 42.5 Å². The molecule has 2 aromatic carbocycles. The van der Waals surface area contributed by atoms with Gasteiger partial charge in [-0.3, -0.25) is 19.3 Å². The second kappa shape index (κ2) is 9.27. The van der Waals surface area contributed by atoms with Gasteiger partial charge in [-0.15, -0.1) is 6.58 Å². The van der Waals surface area contributed by atoms with E-state index in [0.717, 1.165) is 0 Å². The fourth-order valence-electron chi connectivity index (χ4n) is 5.77. The Morgan fingerprint density at radius 2 is 1.79 bits per heavy atom. The summed E-state index contributed by atoms with van der Waals surface area (Å²) in [5, 5.41) is 12.0. The normalized spacial score (nSPS) is 21.7. The predicted molar refractivity (Wildman–Crippen MR) is 140 cm³/mol. The third-order valence-corrected chi connectivity index (χ3v) is 7.52. The van der Waals surface area contributed by atoms with Gasteiger partial charge in [0.1, 0.15) is 5.58 Å². The van der Waals surface area contributed by atoms with Crippen molar-refractivity contribution in [1.29, 1.82) is 0 Å². The molecule has 1 N–H and O–H groups in total. The molecule has 2 amide bonds. The number of para-hydroxylation sites is 2. The molecule has 1 saturated heterocycles. The lowest BCUT2D eigenvalue weighted by Gasteiger charge is -2.37. The van der Waals surface area contributed by atoms with Gasteiger partial charge in [-0.05, 0) is 18.2 Å². The van der Waals surface area contributed by atoms with Gasteiger partial charge in [-0.25, -0.2) is 0 Å². The number of hydrogen-bond donors (Lipinski definition) is 1. The molecule has 3 aliphatic heterocycles. The number of aliphatic hydroxyl groups is 1. The largest absolute Gasteiger partial charge is 0.503 e. The van der Waals surface area contributed by atoms with Crippen LogP contribution in [0.4, 0.5) is 5.69 Å². The maximum absolute atomic E-state index is 14.4. The first-order chi connectivity index (χ1) is 18.5. The topological polar surface area (TPSA) is 104 Å². The molecule has 0 aliphatic carbocycles. The van der Waals surface area contributed by atoms with Crippen molar-refractivity contribution in [1.82, 2.24) is 9.80 Å². The molecule has 0 radical (unpaired) electrons. The lowest BCUT2D eigenvalue weighted by molar-refractivity contribution is -0.140. The van der Waals surface area contributed by atoms with Gasteiger partial charge in [0.05, 0.1) is 24.5 Å². The number of rotatable bonds is 7. The number of anilines is 1. The molecule has 4 heterocycles. The highest BCUT2D eigenvalue weighted by Gasteiger charge is 2.65. The number of fused-ring (bicyclic) bond motifs is 3. The van der Waals surface area contributed by atoms with Crippen molar-refractivity contribution in [3.05, 3.63) is 89.9 Å². The number of Topliss-reactive ketones (excluding diaryl/α,β-unsaturated/α-hetero) is 1. The third kappa shape index (κ3) is 3.43. The second-order valence-corrected chi connectivity index (χ2v) is 9.54. The van der Waals surface area contributed by atoms with Crippen LogP contribution in [0.15, 0.2) is 83.0 Å². The van der Waals surface area contributed by atoms with Gasteiger partial charge in [0.15, 0.2) is 17.1 Å². The number of amides is 2. The number of ketones is 1. The number of aliphatic hydroxyl groups excluding tert-OH is 1. The zero-order chi connectivity index (χ0) is 26.4. The second-order valence-electron chi connectivity index (χ2n) is 9.54. The molecule has 0 bridgehead atoms. The summed E-state index contributed by atoms with van der Waals surface area (Å²) in [7, 11) is 0. The van der Waals surface area contributed by atoms with E-state index in [1.165, 1.54) is 9.80 Å². The first-order valence-electron chi connectivity index (χ1n) is 12.6. The highest BCUT2D eigenvalue weighted by molar-refractivity contribution is 6.26. The lowest BCUT2D eigenvalue weighted by Crippen LogP contribution is -2.56. The van der Waals surface area contributed by atoms with Crippen LogP contribution in [-0.2, 0) is 19.9 Å². The van der Waals surface area contributed by atoms with E-state index in [-0.39, 0.29) is 24.4 Å². The monoisotopic (exact) mass is 513 g/mol. The van der Waals surface area contributed by atoms with Gasteiger partial charge < -0.3 is 24.1 Å². The number of furan rings is 1. The van der Waals surface area contributed by atoms with Gasteiger partial charge in [0, 0.05) is 43.7 Å². The van der Waals surface area contributed by atoms with Crippen LogP contribution in [0.25, 0.3) is 11.0 Å². The molecule has 9 nitrogen and oxygen atoms in total. The molecule has 1 spiro atoms. The Kier molecular flexibility index (Phi) is 5.89. The van der Waals surface area contributed by atoms with Crippen molar-refractivity contribution < 1.29 is 28.6 Å². The summed E-state index contributed by atoms with van der Waals surface area (Å²) in [6.07, 6.45) is 1.59. The Balaban J connectivity index is 1.51. The fourth-order valence-corrected chi connectivity index (χ4v) is 5.77. The summed E-state index contributed by atoms with van der Waals surface area (Å²) < 4.78 is 11.3. The molecule has 6 rings (SSSR count). The first-order valence-corrected chi connectivity index (χ1v) is 12.6. The molecule has 194 valence electrons. The van der Waals surface area contributed by atoms with E-state index in [9.17, 15) is 19.5 Å². The average molecular weight is 514 g/mol. The van der Waals surface area contributed by atoms with Gasteiger partial charge >= 0.3 is 0 Å². The average Bonchev–Trinajstić information content (AvgIpc) is 3.55. The smallest absolute Gasteiger partial charge is 0.290 e. The maximum Gasteiger partial charge on any atom is 0.290 e. The molecule has 1 atom stereocenters. The number of carbonyl (C=O) groups is 3. The molecular weight excluding hydrogens is 486 g/mol. The molecule has 1 aromatic heterocycles. The fraction of sp³-hybridized carbons (Fsp3) is 0.276. The molecular formula is C29H27N3O6. The first kappa shape index (κ1) is 24.1. The summed E-state index contributed by atoms with van der Waals surface area (Å²) in [6.45, 7) is 7.06. The Labute approximate surface area is 219 Å². The predicted octanol–water partition coefficient (Wildman–Crippen LogP) is 3.03. The Bertz CT molecular complexity index is 1470. The zero-order valence-corrected chi connectivity index (χ0v) is 20.8. The van der Waals surface area contributed by atoms with Crippen molar-refractivity contribution in [2.24, 2.45) is 0 Å². The minimum atomic E-state index is -1.83. The van der Waals surface area contributed by atoms with Crippen LogP contribution in [0, 0.1) is 0 Å². The SMILES string of the molecule is C=CCN1C(=O)[C@@]2(C(C(=O)c3cc4ccccc4o3)=C(O)C(=O)N2CCN2CCOCC2)c2ccccc21. The molecule has 3 aromatic rings. The number of ether oxygens (including phenoxy) is 1. The van der Waals surface area contributed by atoms with Crippen molar-refractivity contribution >= 4 is 34.3 Å². The minimum absolute atomic E-state index is 0.0533. The number of benzene rings is 2. The van der Waals surface area contributed by atoms with Crippen LogP contribution < -0.4 is 4.90 Å². The summed E-state index contributed by atoms with van der Waals surface area (Å²) in [4.78, 5) is 47.1.